The summed E-state index contributed by atoms with van der Waals surface area (Å²) in [6.45, 7) is 3.91. The molecule has 128 valence electrons. The van der Waals surface area contributed by atoms with Crippen molar-refractivity contribution in [2.24, 2.45) is 5.92 Å². The minimum absolute atomic E-state index is 0.0492. The van der Waals surface area contributed by atoms with Gasteiger partial charge in [-0.05, 0) is 69.3 Å². The van der Waals surface area contributed by atoms with E-state index in [1.165, 1.54) is 5.56 Å². The molecule has 1 aliphatic carbocycles. The van der Waals surface area contributed by atoms with Crippen molar-refractivity contribution in [3.05, 3.63) is 35.4 Å². The van der Waals surface area contributed by atoms with Crippen molar-refractivity contribution in [3.8, 4) is 6.07 Å². The molecular weight excluding hydrogens is 302 g/mol. The van der Waals surface area contributed by atoms with Crippen molar-refractivity contribution in [1.29, 1.82) is 5.26 Å². The molecule has 24 heavy (non-hydrogen) atoms. The Bertz CT molecular complexity index is 610. The van der Waals surface area contributed by atoms with Crippen LogP contribution >= 0.6 is 0 Å². The summed E-state index contributed by atoms with van der Waals surface area (Å²) >= 11 is 0. The third-order valence-corrected chi connectivity index (χ3v) is 5.28. The lowest BCUT2D eigenvalue weighted by Crippen LogP contribution is -2.45. The van der Waals surface area contributed by atoms with Gasteiger partial charge in [-0.1, -0.05) is 12.1 Å². The van der Waals surface area contributed by atoms with Gasteiger partial charge in [-0.3, -0.25) is 9.69 Å². The van der Waals surface area contributed by atoms with Gasteiger partial charge >= 0.3 is 0 Å². The van der Waals surface area contributed by atoms with E-state index in [0.717, 1.165) is 38.8 Å². The Balaban J connectivity index is 1.51. The predicted octanol–water partition coefficient (Wildman–Crippen LogP) is 1.97. The van der Waals surface area contributed by atoms with Gasteiger partial charge in [0.1, 0.15) is 6.10 Å². The Morgan fingerprint density at radius 1 is 1.25 bits per heavy atom. The van der Waals surface area contributed by atoms with Crippen molar-refractivity contribution in [2.45, 2.75) is 50.8 Å². The zero-order valence-corrected chi connectivity index (χ0v) is 14.1. The van der Waals surface area contributed by atoms with E-state index in [9.17, 15) is 9.90 Å². The van der Waals surface area contributed by atoms with Gasteiger partial charge in [0.2, 0.25) is 5.91 Å². The molecule has 2 N–H and O–H groups in total. The van der Waals surface area contributed by atoms with Crippen LogP contribution in [-0.4, -0.2) is 41.1 Å². The van der Waals surface area contributed by atoms with Crippen LogP contribution in [0.15, 0.2) is 24.3 Å². The quantitative estimate of drug-likeness (QED) is 0.867. The number of carbonyl (C=O) groups excluding carboxylic acids is 1. The number of nitriles is 1. The van der Waals surface area contributed by atoms with Crippen molar-refractivity contribution < 1.29 is 9.90 Å². The summed E-state index contributed by atoms with van der Waals surface area (Å²) in [5.74, 6) is -0.149. The maximum Gasteiger partial charge on any atom is 0.249 e. The minimum Gasteiger partial charge on any atom is -0.383 e. The van der Waals surface area contributed by atoms with Gasteiger partial charge in [-0.15, -0.1) is 0 Å². The Kier molecular flexibility index (Phi) is 5.17. The van der Waals surface area contributed by atoms with E-state index in [4.69, 9.17) is 5.26 Å². The van der Waals surface area contributed by atoms with Crippen LogP contribution in [0, 0.1) is 17.2 Å². The van der Waals surface area contributed by atoms with Crippen LogP contribution in [0.4, 0.5) is 0 Å². The lowest BCUT2D eigenvalue weighted by Gasteiger charge is -2.37. The van der Waals surface area contributed by atoms with Gasteiger partial charge in [-0.2, -0.15) is 5.26 Å². The second-order valence-electron chi connectivity index (χ2n) is 7.01. The highest BCUT2D eigenvalue weighted by Crippen LogP contribution is 2.29. The number of hydrogen-bond acceptors (Lipinski definition) is 4. The van der Waals surface area contributed by atoms with Crippen LogP contribution < -0.4 is 5.32 Å². The number of carbonyl (C=O) groups is 1. The molecule has 1 saturated heterocycles. The summed E-state index contributed by atoms with van der Waals surface area (Å²) in [5, 5.41) is 22.0. The molecule has 2 aliphatic rings. The average molecular weight is 327 g/mol. The highest BCUT2D eigenvalue weighted by atomic mass is 16.3. The molecule has 5 heteroatoms. The number of nitrogens with zero attached hydrogens (tertiary/aromatic N) is 2. The van der Waals surface area contributed by atoms with Crippen molar-refractivity contribution in [1.82, 2.24) is 10.2 Å². The molecule has 0 radical (unpaired) electrons. The summed E-state index contributed by atoms with van der Waals surface area (Å²) < 4.78 is 0. The van der Waals surface area contributed by atoms with Gasteiger partial charge in [0.25, 0.3) is 0 Å². The van der Waals surface area contributed by atoms with Gasteiger partial charge in [0, 0.05) is 12.1 Å². The first kappa shape index (κ1) is 16.9. The predicted molar refractivity (Wildman–Crippen MR) is 91.0 cm³/mol. The number of amides is 1. The summed E-state index contributed by atoms with van der Waals surface area (Å²) in [6, 6.07) is 10.4. The van der Waals surface area contributed by atoms with Crippen molar-refractivity contribution in [2.75, 3.05) is 13.1 Å². The molecule has 1 aromatic carbocycles. The topological polar surface area (TPSA) is 76.4 Å². The van der Waals surface area contributed by atoms with E-state index in [2.05, 4.69) is 23.2 Å². The second-order valence-corrected chi connectivity index (χ2v) is 7.01. The average Bonchev–Trinajstić information content (AvgIpc) is 3.44. The number of likely N-dealkylation sites (tertiary alicyclic amines) is 1. The molecular formula is C19H25N3O2. The fourth-order valence-electron chi connectivity index (χ4n) is 3.40. The number of rotatable bonds is 5. The zero-order valence-electron chi connectivity index (χ0n) is 14.1. The highest BCUT2D eigenvalue weighted by molar-refractivity contribution is 5.81. The molecule has 1 aromatic rings. The highest BCUT2D eigenvalue weighted by Gasteiger charge is 2.33. The van der Waals surface area contributed by atoms with Gasteiger partial charge in [-0.25, -0.2) is 0 Å². The van der Waals surface area contributed by atoms with Crippen LogP contribution in [0.25, 0.3) is 0 Å². The Morgan fingerprint density at radius 3 is 2.42 bits per heavy atom. The number of piperidine rings is 1. The molecule has 0 aromatic heterocycles. The molecule has 0 spiro atoms. The number of nitrogens with one attached hydrogen (secondary N) is 1. The fraction of sp³-hybridized carbons (Fsp3) is 0.579. The molecule has 0 bridgehead atoms. The maximum absolute atomic E-state index is 12.0. The zero-order chi connectivity index (χ0) is 17.1. The number of aliphatic hydroxyl groups is 1. The number of hydrogen-bond donors (Lipinski definition) is 2. The van der Waals surface area contributed by atoms with Crippen molar-refractivity contribution in [3.63, 3.8) is 0 Å². The third-order valence-electron chi connectivity index (χ3n) is 5.28. The summed E-state index contributed by atoms with van der Waals surface area (Å²) in [4.78, 5) is 14.4. The second kappa shape index (κ2) is 7.33. The van der Waals surface area contributed by atoms with Gasteiger partial charge in [0.15, 0.2) is 0 Å². The van der Waals surface area contributed by atoms with Gasteiger partial charge in [0.05, 0.1) is 11.6 Å². The first-order valence-corrected chi connectivity index (χ1v) is 8.81. The van der Waals surface area contributed by atoms with Crippen LogP contribution in [0.3, 0.4) is 0 Å². The summed E-state index contributed by atoms with van der Waals surface area (Å²) in [7, 11) is 0. The van der Waals surface area contributed by atoms with E-state index in [-0.39, 0.29) is 17.9 Å². The molecule has 1 heterocycles. The maximum atomic E-state index is 12.0. The third kappa shape index (κ3) is 3.95. The normalized spacial score (nSPS) is 21.7. The van der Waals surface area contributed by atoms with E-state index < -0.39 is 6.10 Å². The molecule has 5 nitrogen and oxygen atoms in total. The molecule has 1 saturated carbocycles. The lowest BCUT2D eigenvalue weighted by molar-refractivity contribution is -0.133. The minimum atomic E-state index is -0.877. The van der Waals surface area contributed by atoms with E-state index >= 15 is 0 Å². The standard InChI is InChI=1S/C19H25N3O2/c1-13(15-4-2-14(12-20)3-5-15)22-10-8-16(9-11-22)18(23)19(24)21-17-6-7-17/h2-5,13,16-18,23H,6-11H2,1H3,(H,21,24)/t13-,18+/m0/s1. The van der Waals surface area contributed by atoms with E-state index in [1.807, 2.05) is 24.3 Å². The van der Waals surface area contributed by atoms with Crippen LogP contribution in [-0.2, 0) is 4.79 Å². The number of benzene rings is 1. The van der Waals surface area contributed by atoms with Crippen LogP contribution in [0.2, 0.25) is 0 Å². The smallest absolute Gasteiger partial charge is 0.249 e. The molecule has 1 amide bonds. The molecule has 3 rings (SSSR count). The fourth-order valence-corrected chi connectivity index (χ4v) is 3.40. The first-order chi connectivity index (χ1) is 11.6. The number of aliphatic hydroxyl groups excluding tert-OH is 1. The Labute approximate surface area is 143 Å². The molecule has 2 fully saturated rings. The Hall–Kier alpha value is -1.90. The van der Waals surface area contributed by atoms with Crippen molar-refractivity contribution >= 4 is 5.91 Å². The Morgan fingerprint density at radius 2 is 1.88 bits per heavy atom. The lowest BCUT2D eigenvalue weighted by atomic mass is 9.89. The largest absolute Gasteiger partial charge is 0.383 e. The van der Waals surface area contributed by atoms with Gasteiger partial charge < -0.3 is 10.4 Å². The van der Waals surface area contributed by atoms with E-state index in [0.29, 0.717) is 11.6 Å². The summed E-state index contributed by atoms with van der Waals surface area (Å²) in [6.07, 6.45) is 2.87. The summed E-state index contributed by atoms with van der Waals surface area (Å²) in [5.41, 5.74) is 1.87. The van der Waals surface area contributed by atoms with Crippen LogP contribution in [0.5, 0.6) is 0 Å². The monoisotopic (exact) mass is 327 g/mol. The van der Waals surface area contributed by atoms with E-state index in [1.54, 1.807) is 0 Å². The SMILES string of the molecule is C[C@@H](c1ccc(C#N)cc1)N1CCC([C@@H](O)C(=O)NC2CC2)CC1. The van der Waals surface area contributed by atoms with Crippen LogP contribution in [0.1, 0.15) is 49.8 Å². The molecule has 0 unspecified atom stereocenters. The molecule has 2 atom stereocenters. The first-order valence-electron chi connectivity index (χ1n) is 8.81. The molecule has 1 aliphatic heterocycles.